The summed E-state index contributed by atoms with van der Waals surface area (Å²) in [4.78, 5) is 1.65. The third-order valence-electron chi connectivity index (χ3n) is 3.42. The monoisotopic (exact) mass is 332 g/mol. The summed E-state index contributed by atoms with van der Waals surface area (Å²) in [5.41, 5.74) is 8.92. The van der Waals surface area contributed by atoms with Crippen LogP contribution >= 0.6 is 0 Å². The molecule has 9 heteroatoms. The molecule has 21 heavy (non-hydrogen) atoms. The molecule has 0 aromatic heterocycles. The van der Waals surface area contributed by atoms with Crippen molar-refractivity contribution in [2.75, 3.05) is 0 Å². The van der Waals surface area contributed by atoms with Gasteiger partial charge in [-0.25, -0.2) is 21.2 Å². The summed E-state index contributed by atoms with van der Waals surface area (Å²) in [6, 6.07) is 4.35. The standard InChI is InChI=1S/C12H13FN2O4S2/c13-10-7-3-4-8-11(10)21(18,19)12(15-14)20(16,17)9-5-1-2-6-9/h3-4,7-9H,1-2,5-6H2. The zero-order valence-corrected chi connectivity index (χ0v) is 12.6. The normalized spacial score (nSPS) is 16.6. The zero-order valence-electron chi connectivity index (χ0n) is 10.9. The van der Waals surface area contributed by atoms with E-state index < -0.39 is 40.0 Å². The second-order valence-electron chi connectivity index (χ2n) is 4.75. The van der Waals surface area contributed by atoms with Gasteiger partial charge in [0.25, 0.3) is 19.7 Å². The molecule has 114 valence electrons. The fourth-order valence-electron chi connectivity index (χ4n) is 2.36. The minimum atomic E-state index is -4.74. The second-order valence-corrected chi connectivity index (χ2v) is 8.99. The highest BCUT2D eigenvalue weighted by Gasteiger charge is 2.48. The molecule has 0 bridgehead atoms. The number of hydrogen-bond donors (Lipinski definition) is 0. The van der Waals surface area contributed by atoms with E-state index in [4.69, 9.17) is 5.53 Å². The lowest BCUT2D eigenvalue weighted by atomic mass is 10.4. The average Bonchev–Trinajstić information content (AvgIpc) is 2.93. The van der Waals surface area contributed by atoms with Crippen LogP contribution in [-0.2, 0) is 19.7 Å². The first-order valence-electron chi connectivity index (χ1n) is 6.27. The van der Waals surface area contributed by atoms with Crippen LogP contribution in [0.15, 0.2) is 29.2 Å². The van der Waals surface area contributed by atoms with Crippen molar-refractivity contribution >= 4 is 24.1 Å². The fraction of sp³-hybridized carbons (Fsp3) is 0.417. The highest BCUT2D eigenvalue weighted by atomic mass is 32.3. The highest BCUT2D eigenvalue weighted by molar-refractivity contribution is 8.31. The predicted octanol–water partition coefficient (Wildman–Crippen LogP) is 1.54. The maximum atomic E-state index is 13.6. The first-order valence-corrected chi connectivity index (χ1v) is 9.30. The van der Waals surface area contributed by atoms with Crippen LogP contribution in [0.25, 0.3) is 5.53 Å². The molecular weight excluding hydrogens is 319 g/mol. The van der Waals surface area contributed by atoms with Crippen LogP contribution in [-0.4, -0.2) is 31.3 Å². The third-order valence-corrected chi connectivity index (χ3v) is 8.15. The molecule has 0 saturated heterocycles. The molecule has 0 heterocycles. The lowest BCUT2D eigenvalue weighted by Gasteiger charge is -2.07. The first-order chi connectivity index (χ1) is 9.81. The van der Waals surface area contributed by atoms with Gasteiger partial charge in [0.1, 0.15) is 10.7 Å². The van der Waals surface area contributed by atoms with Gasteiger partial charge in [-0.3, -0.25) is 0 Å². The van der Waals surface area contributed by atoms with Gasteiger partial charge in [0, 0.05) is 0 Å². The third kappa shape index (κ3) is 2.76. The van der Waals surface area contributed by atoms with Crippen molar-refractivity contribution in [2.24, 2.45) is 0 Å². The number of hydrogen-bond acceptors (Lipinski definition) is 4. The number of nitrogens with zero attached hydrogens (tertiary/aromatic N) is 2. The van der Waals surface area contributed by atoms with E-state index in [2.05, 4.69) is 4.79 Å². The molecule has 1 aromatic carbocycles. The van der Waals surface area contributed by atoms with E-state index in [0.29, 0.717) is 25.7 Å². The van der Waals surface area contributed by atoms with Gasteiger partial charge in [0.15, 0.2) is 0 Å². The molecule has 1 saturated carbocycles. The lowest BCUT2D eigenvalue weighted by Crippen LogP contribution is -2.33. The average molecular weight is 332 g/mol. The van der Waals surface area contributed by atoms with Gasteiger partial charge in [-0.15, -0.1) is 4.79 Å². The van der Waals surface area contributed by atoms with Crippen LogP contribution in [0.5, 0.6) is 0 Å². The summed E-state index contributed by atoms with van der Waals surface area (Å²) in [6.07, 6.45) is 1.91. The van der Waals surface area contributed by atoms with E-state index in [1.54, 1.807) is 0 Å². The van der Waals surface area contributed by atoms with Gasteiger partial charge >= 0.3 is 4.38 Å². The van der Waals surface area contributed by atoms with Crippen molar-refractivity contribution in [1.29, 1.82) is 0 Å². The van der Waals surface area contributed by atoms with Gasteiger partial charge in [-0.2, -0.15) is 0 Å². The molecule has 0 amide bonds. The lowest BCUT2D eigenvalue weighted by molar-refractivity contribution is 0.00371. The maximum absolute atomic E-state index is 13.6. The van der Waals surface area contributed by atoms with Crippen molar-refractivity contribution in [3.8, 4) is 0 Å². The fourth-order valence-corrected chi connectivity index (χ4v) is 6.49. The first kappa shape index (κ1) is 15.8. The quantitative estimate of drug-likeness (QED) is 0.354. The van der Waals surface area contributed by atoms with E-state index in [9.17, 15) is 21.2 Å². The SMILES string of the molecule is [N-]=[N+]=C(S(=O)(=O)c1ccccc1F)S(=O)(=O)C1CCCC1. The Hall–Kier alpha value is -1.57. The Morgan fingerprint density at radius 1 is 1.14 bits per heavy atom. The van der Waals surface area contributed by atoms with E-state index >= 15 is 0 Å². The van der Waals surface area contributed by atoms with Crippen LogP contribution < -0.4 is 0 Å². The van der Waals surface area contributed by atoms with Gasteiger partial charge in [0.2, 0.25) is 0 Å². The topological polar surface area (TPSA) is 105 Å². The number of benzene rings is 1. The molecule has 0 radical (unpaired) electrons. The summed E-state index contributed by atoms with van der Waals surface area (Å²) in [6.45, 7) is 0. The molecule has 0 atom stereocenters. The van der Waals surface area contributed by atoms with Crippen LogP contribution in [0, 0.1) is 5.82 Å². The van der Waals surface area contributed by atoms with Gasteiger partial charge in [0.05, 0.1) is 5.25 Å². The Kier molecular flexibility index (Phi) is 4.27. The number of halogens is 1. The number of rotatable bonds is 2. The zero-order chi connectivity index (χ0) is 15.7. The van der Waals surface area contributed by atoms with E-state index in [0.717, 1.165) is 12.1 Å². The van der Waals surface area contributed by atoms with Crippen molar-refractivity contribution in [2.45, 2.75) is 35.8 Å². The Morgan fingerprint density at radius 2 is 1.71 bits per heavy atom. The largest absolute Gasteiger partial charge is 0.500 e. The van der Waals surface area contributed by atoms with Gasteiger partial charge in [-0.05, 0) is 25.0 Å². The molecule has 6 nitrogen and oxygen atoms in total. The van der Waals surface area contributed by atoms with Crippen LogP contribution in [0.3, 0.4) is 0 Å². The molecule has 0 N–H and O–H groups in total. The van der Waals surface area contributed by atoms with Gasteiger partial charge < -0.3 is 5.53 Å². The molecule has 0 spiro atoms. The predicted molar refractivity (Wildman–Crippen MR) is 73.4 cm³/mol. The Morgan fingerprint density at radius 3 is 2.24 bits per heavy atom. The van der Waals surface area contributed by atoms with Crippen LogP contribution in [0.4, 0.5) is 4.39 Å². The summed E-state index contributed by atoms with van der Waals surface area (Å²) >= 11 is 0. The molecular formula is C12H13FN2O4S2. The molecule has 0 unspecified atom stereocenters. The minimum absolute atomic E-state index is 0.300. The van der Waals surface area contributed by atoms with E-state index in [1.807, 2.05) is 0 Å². The van der Waals surface area contributed by atoms with Crippen molar-refractivity contribution in [3.63, 3.8) is 0 Å². The summed E-state index contributed by atoms with van der Waals surface area (Å²) in [5, 5.41) is -0.912. The van der Waals surface area contributed by atoms with Crippen LogP contribution in [0.1, 0.15) is 25.7 Å². The molecule has 1 aliphatic carbocycles. The molecule has 1 fully saturated rings. The second kappa shape index (κ2) is 5.67. The Labute approximate surface area is 122 Å². The van der Waals surface area contributed by atoms with Crippen molar-refractivity contribution in [3.05, 3.63) is 35.6 Å². The summed E-state index contributed by atoms with van der Waals surface area (Å²) in [7, 11) is -9.07. The van der Waals surface area contributed by atoms with E-state index in [1.165, 1.54) is 12.1 Å². The van der Waals surface area contributed by atoms with Crippen molar-refractivity contribution in [1.82, 2.24) is 0 Å². The maximum Gasteiger partial charge on any atom is 0.500 e. The Balaban J connectivity index is 2.57. The van der Waals surface area contributed by atoms with Crippen molar-refractivity contribution < 1.29 is 26.0 Å². The Bertz CT molecular complexity index is 805. The highest BCUT2D eigenvalue weighted by Crippen LogP contribution is 2.28. The molecule has 0 aliphatic heterocycles. The summed E-state index contributed by atoms with van der Waals surface area (Å²) < 4.78 is 61.4. The smallest absolute Gasteiger partial charge is 0.359 e. The molecule has 1 aliphatic rings. The van der Waals surface area contributed by atoms with E-state index in [-0.39, 0.29) is 0 Å². The molecule has 2 rings (SSSR count). The summed E-state index contributed by atoms with van der Waals surface area (Å²) in [5.74, 6) is -1.10. The van der Waals surface area contributed by atoms with Gasteiger partial charge in [-0.1, -0.05) is 25.0 Å². The number of sulfone groups is 2. The molecule has 1 aromatic rings. The minimum Gasteiger partial charge on any atom is -0.359 e. The van der Waals surface area contributed by atoms with Crippen LogP contribution in [0.2, 0.25) is 0 Å².